The van der Waals surface area contributed by atoms with E-state index in [-0.39, 0.29) is 17.7 Å². The van der Waals surface area contributed by atoms with Crippen molar-refractivity contribution in [3.63, 3.8) is 0 Å². The molecular weight excluding hydrogens is 338 g/mol. The second-order valence-corrected chi connectivity index (χ2v) is 6.89. The number of benzene rings is 2. The van der Waals surface area contributed by atoms with Gasteiger partial charge in [-0.3, -0.25) is 14.5 Å². The molecule has 0 fully saturated rings. The lowest BCUT2D eigenvalue weighted by molar-refractivity contribution is -0.113. The first kappa shape index (κ1) is 15.8. The first-order valence-electron chi connectivity index (χ1n) is 8.88. The first-order chi connectivity index (χ1) is 13.1. The fraction of sp³-hybridized carbons (Fsp3) is 0.136. The topological polar surface area (TPSA) is 55.2 Å². The molecule has 3 aromatic rings. The number of allylic oxidation sites excluding steroid dienone is 1. The van der Waals surface area contributed by atoms with Gasteiger partial charge in [-0.2, -0.15) is 5.10 Å². The third-order valence-corrected chi connectivity index (χ3v) is 5.33. The quantitative estimate of drug-likeness (QED) is 0.696. The summed E-state index contributed by atoms with van der Waals surface area (Å²) >= 11 is 0. The molecule has 0 saturated heterocycles. The molecule has 2 aliphatic heterocycles. The van der Waals surface area contributed by atoms with Crippen LogP contribution in [-0.4, -0.2) is 21.5 Å². The number of nitrogens with zero attached hydrogens (tertiary/aromatic N) is 3. The monoisotopic (exact) mass is 355 g/mol. The van der Waals surface area contributed by atoms with Crippen molar-refractivity contribution < 1.29 is 9.59 Å². The summed E-state index contributed by atoms with van der Waals surface area (Å²) in [4.78, 5) is 27.4. The van der Waals surface area contributed by atoms with E-state index < -0.39 is 0 Å². The van der Waals surface area contributed by atoms with E-state index in [1.54, 1.807) is 16.5 Å². The van der Waals surface area contributed by atoms with Crippen molar-refractivity contribution in [3.05, 3.63) is 77.4 Å². The summed E-state index contributed by atoms with van der Waals surface area (Å²) in [6.45, 7) is 3.44. The van der Waals surface area contributed by atoms with E-state index in [1.807, 2.05) is 67.6 Å². The van der Waals surface area contributed by atoms with Crippen LogP contribution in [0.4, 0.5) is 5.82 Å². The van der Waals surface area contributed by atoms with Crippen LogP contribution >= 0.6 is 0 Å². The highest BCUT2D eigenvalue weighted by molar-refractivity contribution is 6.16. The summed E-state index contributed by atoms with van der Waals surface area (Å²) in [6.07, 6.45) is 0. The largest absolute Gasteiger partial charge is 0.295 e. The number of rotatable bonds is 2. The van der Waals surface area contributed by atoms with Crippen LogP contribution in [0, 0.1) is 0 Å². The molecule has 0 spiro atoms. The molecule has 1 atom stereocenters. The van der Waals surface area contributed by atoms with Gasteiger partial charge in [0.05, 0.1) is 17.4 Å². The van der Waals surface area contributed by atoms with Crippen molar-refractivity contribution in [1.29, 1.82) is 0 Å². The average Bonchev–Trinajstić information content (AvgIpc) is 3.24. The SMILES string of the molecule is CC(=O)C1=C(C)n2nc(-c3ccccc3)cc2N2C(=O)c3ccccc3C12. The van der Waals surface area contributed by atoms with Crippen LogP contribution in [0.3, 0.4) is 0 Å². The summed E-state index contributed by atoms with van der Waals surface area (Å²) in [5, 5.41) is 4.71. The van der Waals surface area contributed by atoms with E-state index in [9.17, 15) is 9.59 Å². The van der Waals surface area contributed by atoms with Crippen LogP contribution in [0.25, 0.3) is 17.0 Å². The first-order valence-corrected chi connectivity index (χ1v) is 8.88. The Morgan fingerprint density at radius 3 is 2.48 bits per heavy atom. The lowest BCUT2D eigenvalue weighted by Crippen LogP contribution is -2.36. The van der Waals surface area contributed by atoms with Crippen molar-refractivity contribution in [3.8, 4) is 11.3 Å². The van der Waals surface area contributed by atoms with E-state index >= 15 is 0 Å². The molecule has 5 rings (SSSR count). The van der Waals surface area contributed by atoms with Gasteiger partial charge < -0.3 is 0 Å². The lowest BCUT2D eigenvalue weighted by Gasteiger charge is -2.32. The third kappa shape index (κ3) is 2.08. The Bertz CT molecular complexity index is 1140. The molecule has 2 aromatic carbocycles. The molecule has 2 aliphatic rings. The summed E-state index contributed by atoms with van der Waals surface area (Å²) in [6, 6.07) is 18.9. The number of aromatic nitrogens is 2. The number of ketones is 1. The maximum atomic E-state index is 13.2. The van der Waals surface area contributed by atoms with Gasteiger partial charge in [-0.05, 0) is 25.5 Å². The number of hydrogen-bond acceptors (Lipinski definition) is 3. The van der Waals surface area contributed by atoms with Crippen molar-refractivity contribution in [2.75, 3.05) is 4.90 Å². The van der Waals surface area contributed by atoms with E-state index in [4.69, 9.17) is 5.10 Å². The second-order valence-electron chi connectivity index (χ2n) is 6.89. The maximum absolute atomic E-state index is 13.2. The molecular formula is C22H17N3O2. The minimum absolute atomic E-state index is 0.0468. The predicted molar refractivity (Wildman–Crippen MR) is 103 cm³/mol. The molecule has 0 bridgehead atoms. The van der Waals surface area contributed by atoms with Gasteiger partial charge in [-0.15, -0.1) is 0 Å². The lowest BCUT2D eigenvalue weighted by atomic mass is 9.93. The highest BCUT2D eigenvalue weighted by atomic mass is 16.2. The Morgan fingerprint density at radius 2 is 1.74 bits per heavy atom. The van der Waals surface area contributed by atoms with Crippen LogP contribution in [0.2, 0.25) is 0 Å². The van der Waals surface area contributed by atoms with Gasteiger partial charge in [0.1, 0.15) is 5.82 Å². The molecule has 0 saturated carbocycles. The average molecular weight is 355 g/mol. The number of carbonyl (C=O) groups excluding carboxylic acids is 2. The van der Waals surface area contributed by atoms with Crippen molar-refractivity contribution >= 4 is 23.2 Å². The number of anilines is 1. The molecule has 0 aliphatic carbocycles. The Kier molecular flexibility index (Phi) is 3.22. The van der Waals surface area contributed by atoms with Crippen molar-refractivity contribution in [1.82, 2.24) is 9.78 Å². The summed E-state index contributed by atoms with van der Waals surface area (Å²) < 4.78 is 1.72. The van der Waals surface area contributed by atoms with E-state index in [0.717, 1.165) is 22.5 Å². The number of amides is 1. The Balaban J connectivity index is 1.78. The van der Waals surface area contributed by atoms with E-state index in [2.05, 4.69) is 0 Å². The predicted octanol–water partition coefficient (Wildman–Crippen LogP) is 4.09. The Morgan fingerprint density at radius 1 is 1.04 bits per heavy atom. The summed E-state index contributed by atoms with van der Waals surface area (Å²) in [5.41, 5.74) is 4.65. The number of Topliss-reactive ketones (excluding diaryl/α,β-unsaturated/α-hetero) is 1. The van der Waals surface area contributed by atoms with Crippen LogP contribution in [-0.2, 0) is 4.79 Å². The zero-order chi connectivity index (χ0) is 18.7. The van der Waals surface area contributed by atoms with Gasteiger partial charge in [0.25, 0.3) is 5.91 Å². The number of carbonyl (C=O) groups is 2. The molecule has 1 aromatic heterocycles. The zero-order valence-electron chi connectivity index (χ0n) is 15.0. The second kappa shape index (κ2) is 5.51. The molecule has 5 heteroatoms. The molecule has 0 N–H and O–H groups in total. The van der Waals surface area contributed by atoms with Gasteiger partial charge >= 0.3 is 0 Å². The van der Waals surface area contributed by atoms with E-state index in [0.29, 0.717) is 17.0 Å². The molecule has 3 heterocycles. The summed E-state index contributed by atoms with van der Waals surface area (Å²) in [5.74, 6) is 0.555. The fourth-order valence-corrected chi connectivity index (χ4v) is 4.14. The van der Waals surface area contributed by atoms with Crippen LogP contribution in [0.1, 0.15) is 35.8 Å². The normalized spacial score (nSPS) is 17.6. The standard InChI is InChI=1S/C22H17N3O2/c1-13-20(14(2)26)21-16-10-6-7-11-17(16)22(27)24(21)19-12-18(23-25(13)19)15-8-4-3-5-9-15/h3-12,21H,1-2H3. The van der Waals surface area contributed by atoms with Gasteiger partial charge in [0.15, 0.2) is 5.78 Å². The van der Waals surface area contributed by atoms with Crippen LogP contribution < -0.4 is 4.90 Å². The minimum Gasteiger partial charge on any atom is -0.295 e. The number of hydrogen-bond donors (Lipinski definition) is 0. The van der Waals surface area contributed by atoms with Gasteiger partial charge in [0, 0.05) is 22.8 Å². The van der Waals surface area contributed by atoms with Crippen LogP contribution in [0.15, 0.2) is 66.2 Å². The zero-order valence-corrected chi connectivity index (χ0v) is 15.0. The van der Waals surface area contributed by atoms with Crippen molar-refractivity contribution in [2.45, 2.75) is 19.9 Å². The minimum atomic E-state index is -0.390. The fourth-order valence-electron chi connectivity index (χ4n) is 4.14. The molecule has 5 nitrogen and oxygen atoms in total. The highest BCUT2D eigenvalue weighted by Crippen LogP contribution is 2.47. The Labute approximate surface area is 156 Å². The third-order valence-electron chi connectivity index (χ3n) is 5.33. The van der Waals surface area contributed by atoms with Crippen molar-refractivity contribution in [2.24, 2.45) is 0 Å². The maximum Gasteiger partial charge on any atom is 0.260 e. The molecule has 27 heavy (non-hydrogen) atoms. The molecule has 0 radical (unpaired) electrons. The molecule has 1 amide bonds. The summed E-state index contributed by atoms with van der Waals surface area (Å²) in [7, 11) is 0. The van der Waals surface area contributed by atoms with Gasteiger partial charge in [-0.25, -0.2) is 4.68 Å². The van der Waals surface area contributed by atoms with Gasteiger partial charge in [0.2, 0.25) is 0 Å². The van der Waals surface area contributed by atoms with Gasteiger partial charge in [-0.1, -0.05) is 48.5 Å². The smallest absolute Gasteiger partial charge is 0.260 e. The van der Waals surface area contributed by atoms with E-state index in [1.165, 1.54) is 0 Å². The number of fused-ring (bicyclic) bond motifs is 5. The Hall–Kier alpha value is -3.47. The molecule has 1 unspecified atom stereocenters. The van der Waals surface area contributed by atoms with Crippen LogP contribution in [0.5, 0.6) is 0 Å². The highest BCUT2D eigenvalue weighted by Gasteiger charge is 2.46. The molecule has 132 valence electrons.